The highest BCUT2D eigenvalue weighted by Crippen LogP contribution is 2.27. The largest absolute Gasteiger partial charge is 0.344 e. The minimum absolute atomic E-state index is 0. The number of amides is 2. The van der Waals surface area contributed by atoms with Crippen LogP contribution in [-0.4, -0.2) is 131 Å². The van der Waals surface area contributed by atoms with Gasteiger partial charge in [-0.25, -0.2) is 36.8 Å². The van der Waals surface area contributed by atoms with Crippen molar-refractivity contribution in [1.82, 2.24) is 50.3 Å². The first kappa shape index (κ1) is 41.6. The normalized spacial score (nSPS) is 15.4. The number of nitrogens with one attached hydrogen (secondary N) is 4. The average molecular weight is 843 g/mol. The zero-order valence-electron chi connectivity index (χ0n) is 33.4. The number of carbonyl (C=O) groups excluding carboxylic acids is 2. The smallest absolute Gasteiger partial charge is 0.257 e. The molecule has 18 heteroatoms. The molecule has 8 rings (SSSR count). The minimum atomic E-state index is -3.33. The lowest BCUT2D eigenvalue weighted by atomic mass is 10.1. The van der Waals surface area contributed by atoms with Gasteiger partial charge in [0.15, 0.2) is 31.0 Å². The maximum atomic E-state index is 13.0. The number of aromatic nitrogens is 6. The van der Waals surface area contributed by atoms with E-state index in [1.54, 1.807) is 106 Å². The zero-order chi connectivity index (χ0) is 41.9. The Hall–Kier alpha value is -5.56. The first-order valence-electron chi connectivity index (χ1n) is 19.6. The highest BCUT2D eigenvalue weighted by molar-refractivity contribution is 7.92. The summed E-state index contributed by atoms with van der Waals surface area (Å²) in [5.41, 5.74) is 5.78. The van der Waals surface area contributed by atoms with E-state index in [4.69, 9.17) is 0 Å². The summed E-state index contributed by atoms with van der Waals surface area (Å²) in [5.74, 6) is -0.127. The first-order chi connectivity index (χ1) is 28.3. The summed E-state index contributed by atoms with van der Waals surface area (Å²) in [7, 11) is -6.66. The topological polar surface area (TPSA) is 216 Å². The van der Waals surface area contributed by atoms with Crippen LogP contribution < -0.4 is 10.6 Å². The van der Waals surface area contributed by atoms with Crippen LogP contribution >= 0.6 is 0 Å². The lowest BCUT2D eigenvalue weighted by Crippen LogP contribution is -2.46. The van der Waals surface area contributed by atoms with Gasteiger partial charge in [-0.05, 0) is 64.9 Å². The van der Waals surface area contributed by atoms with Crippen molar-refractivity contribution in [2.24, 2.45) is 0 Å². The number of carbonyl (C=O) groups is 2. The second-order valence-corrected chi connectivity index (χ2v) is 20.0. The fourth-order valence-corrected chi connectivity index (χ4v) is 8.94. The van der Waals surface area contributed by atoms with Gasteiger partial charge in [-0.15, -0.1) is 0 Å². The van der Waals surface area contributed by atoms with Gasteiger partial charge in [-0.2, -0.15) is 0 Å². The molecule has 0 aliphatic carbocycles. The third-order valence-corrected chi connectivity index (χ3v) is 14.8. The van der Waals surface area contributed by atoms with Gasteiger partial charge in [0.25, 0.3) is 11.8 Å². The highest BCUT2D eigenvalue weighted by atomic mass is 32.2. The Morgan fingerprint density at radius 2 is 0.983 bits per heavy atom. The van der Waals surface area contributed by atoms with Gasteiger partial charge in [0, 0.05) is 70.8 Å². The maximum Gasteiger partial charge on any atom is 0.257 e. The molecule has 2 aliphatic heterocycles. The van der Waals surface area contributed by atoms with Gasteiger partial charge < -0.3 is 30.4 Å². The summed E-state index contributed by atoms with van der Waals surface area (Å²) in [5, 5.41) is 5.56. The molecular weight excluding hydrogens is 793 g/mol. The molecule has 0 unspecified atom stereocenters. The van der Waals surface area contributed by atoms with Crippen LogP contribution in [0.25, 0.3) is 44.8 Å². The van der Waals surface area contributed by atoms with Gasteiger partial charge in [0.1, 0.15) is 11.0 Å². The maximum absolute atomic E-state index is 13.0. The van der Waals surface area contributed by atoms with E-state index in [1.807, 2.05) is 4.90 Å². The minimum Gasteiger partial charge on any atom is -0.344 e. The molecule has 0 atom stereocenters. The van der Waals surface area contributed by atoms with Crippen LogP contribution in [0.3, 0.4) is 0 Å². The van der Waals surface area contributed by atoms with E-state index in [-0.39, 0.29) is 23.0 Å². The molecule has 6 aromatic rings. The van der Waals surface area contributed by atoms with Crippen molar-refractivity contribution in [2.45, 2.75) is 54.4 Å². The van der Waals surface area contributed by atoms with Gasteiger partial charge in [-0.3, -0.25) is 9.59 Å². The molecule has 0 saturated carbocycles. The standard InChI is InChI=1S/C21H25N5O3S.C20H23N5O3S.H2/c1-14(2)30(28,29)16-6-4-15(5-7-16)18-13-24-20-19(25-18)17(12-23-20)21(27)26-10-3-8-22-9-11-26;1-13(2)29(27,28)15-5-3-14(4-6-15)17-12-23-19-18(24-17)16(11-22-19)20(26)25-9-7-21-8-10-25;/h4-7,12-14,22H,3,8-11H2,1-2H3,(H,23,24);3-6,11-13,21H,7-10H2,1-2H3,(H,22,23);1H. The van der Waals surface area contributed by atoms with Crippen LogP contribution in [0.1, 0.15) is 56.3 Å². The van der Waals surface area contributed by atoms with E-state index in [2.05, 4.69) is 40.5 Å². The van der Waals surface area contributed by atoms with Crippen molar-refractivity contribution in [3.8, 4) is 22.5 Å². The van der Waals surface area contributed by atoms with Crippen molar-refractivity contribution < 1.29 is 27.9 Å². The predicted molar refractivity (Wildman–Crippen MR) is 228 cm³/mol. The van der Waals surface area contributed by atoms with Crippen molar-refractivity contribution in [3.63, 3.8) is 0 Å². The third-order valence-electron chi connectivity index (χ3n) is 10.5. The van der Waals surface area contributed by atoms with Gasteiger partial charge >= 0.3 is 0 Å². The quantitative estimate of drug-likeness (QED) is 0.168. The van der Waals surface area contributed by atoms with Gasteiger partial charge in [0.2, 0.25) is 0 Å². The number of hydrogen-bond acceptors (Lipinski definition) is 12. The van der Waals surface area contributed by atoms with Crippen molar-refractivity contribution in [3.05, 3.63) is 84.4 Å². The number of benzene rings is 2. The Morgan fingerprint density at radius 3 is 1.39 bits per heavy atom. The predicted octanol–water partition coefficient (Wildman–Crippen LogP) is 4.34. The molecule has 59 heavy (non-hydrogen) atoms. The molecule has 2 aliphatic rings. The molecule has 2 fully saturated rings. The van der Waals surface area contributed by atoms with E-state index < -0.39 is 30.2 Å². The summed E-state index contributed by atoms with van der Waals surface area (Å²) < 4.78 is 49.3. The Kier molecular flexibility index (Phi) is 12.2. The molecular formula is C41H50N10O6S2. The lowest BCUT2D eigenvalue weighted by Gasteiger charge is -2.27. The third kappa shape index (κ3) is 8.76. The molecule has 2 aromatic carbocycles. The number of nitrogens with zero attached hydrogens (tertiary/aromatic N) is 6. The second kappa shape index (κ2) is 17.3. The average Bonchev–Trinajstić information content (AvgIpc) is 3.77. The van der Waals surface area contributed by atoms with Crippen LogP contribution in [0.4, 0.5) is 0 Å². The molecule has 16 nitrogen and oxygen atoms in total. The fourth-order valence-electron chi connectivity index (χ4n) is 6.82. The lowest BCUT2D eigenvalue weighted by molar-refractivity contribution is 0.0736. The Balaban J connectivity index is 0.000000198. The molecule has 4 aromatic heterocycles. The number of rotatable bonds is 8. The Labute approximate surface area is 344 Å². The second-order valence-electron chi connectivity index (χ2n) is 15.0. The van der Waals surface area contributed by atoms with Gasteiger partial charge in [-0.1, -0.05) is 24.3 Å². The highest BCUT2D eigenvalue weighted by Gasteiger charge is 2.25. The molecule has 0 bridgehead atoms. The van der Waals surface area contributed by atoms with Crippen LogP contribution in [-0.2, 0) is 19.7 Å². The van der Waals surface area contributed by atoms with E-state index in [0.29, 0.717) is 71.0 Å². The Morgan fingerprint density at radius 1 is 0.593 bits per heavy atom. The SMILES string of the molecule is CC(C)S(=O)(=O)c1ccc(-c2cnc3[nH]cc(C(=O)N4CCCNCC4)c3n2)cc1.CC(C)S(=O)(=O)c1ccc(-c2cnc3[nH]cc(C(=O)N4CCNCC4)c3n2)cc1.[HH]. The van der Waals surface area contributed by atoms with Crippen LogP contribution in [0.15, 0.2) is 83.1 Å². The molecule has 0 spiro atoms. The molecule has 6 heterocycles. The van der Waals surface area contributed by atoms with Gasteiger partial charge in [0.05, 0.1) is 55.2 Å². The van der Waals surface area contributed by atoms with Crippen molar-refractivity contribution >= 4 is 53.8 Å². The molecule has 0 radical (unpaired) electrons. The monoisotopic (exact) mass is 842 g/mol. The molecule has 4 N–H and O–H groups in total. The molecule has 2 saturated heterocycles. The molecule has 312 valence electrons. The summed E-state index contributed by atoms with van der Waals surface area (Å²) in [6.45, 7) is 12.5. The zero-order valence-corrected chi connectivity index (χ0v) is 35.0. The number of sulfone groups is 2. The number of fused-ring (bicyclic) bond motifs is 2. The van der Waals surface area contributed by atoms with Crippen molar-refractivity contribution in [2.75, 3.05) is 52.4 Å². The first-order valence-corrected chi connectivity index (χ1v) is 22.7. The summed E-state index contributed by atoms with van der Waals surface area (Å²) in [6.07, 6.45) is 7.46. The van der Waals surface area contributed by atoms with Crippen molar-refractivity contribution in [1.29, 1.82) is 0 Å². The molecule has 2 amide bonds. The van der Waals surface area contributed by atoms with E-state index in [0.717, 1.165) is 43.7 Å². The van der Waals surface area contributed by atoms with E-state index in [1.165, 1.54) is 0 Å². The van der Waals surface area contributed by atoms with Crippen LogP contribution in [0.5, 0.6) is 0 Å². The number of aromatic amines is 2. The number of H-pyrrole nitrogens is 2. The Bertz CT molecular complexity index is 2690. The summed E-state index contributed by atoms with van der Waals surface area (Å²) in [4.78, 5) is 54.3. The number of piperazine rings is 1. The fraction of sp³-hybridized carbons (Fsp3) is 0.366. The summed E-state index contributed by atoms with van der Waals surface area (Å²) >= 11 is 0. The van der Waals surface area contributed by atoms with Crippen LogP contribution in [0, 0.1) is 0 Å². The van der Waals surface area contributed by atoms with Crippen LogP contribution in [0.2, 0.25) is 0 Å². The number of hydrogen-bond donors (Lipinski definition) is 4. The van der Waals surface area contributed by atoms with E-state index >= 15 is 0 Å². The summed E-state index contributed by atoms with van der Waals surface area (Å²) in [6, 6.07) is 13.2. The van der Waals surface area contributed by atoms with E-state index in [9.17, 15) is 26.4 Å².